The zero-order chi connectivity index (χ0) is 26.4. The first kappa shape index (κ1) is 25.3. The van der Waals surface area contributed by atoms with Crippen LogP contribution in [0, 0.1) is 16.7 Å². The Labute approximate surface area is 214 Å². The van der Waals surface area contributed by atoms with E-state index in [-0.39, 0.29) is 35.3 Å². The summed E-state index contributed by atoms with van der Waals surface area (Å²) >= 11 is 0. The van der Waals surface area contributed by atoms with Crippen molar-refractivity contribution in [3.05, 3.63) is 59.4 Å². The molecule has 3 aliphatic rings. The number of carbonyl (C=O) groups is 1. The number of rotatable bonds is 4. The smallest absolute Gasteiger partial charge is 0.433 e. The molecule has 7 nitrogen and oxygen atoms in total. The van der Waals surface area contributed by atoms with Crippen molar-refractivity contribution in [1.82, 2.24) is 14.8 Å². The molecule has 1 amide bonds. The van der Waals surface area contributed by atoms with Crippen LogP contribution in [-0.2, 0) is 17.5 Å². The summed E-state index contributed by atoms with van der Waals surface area (Å²) in [6, 6.07) is 12.6. The lowest BCUT2D eigenvalue weighted by atomic mass is 9.61. The second kappa shape index (κ2) is 9.53. The van der Waals surface area contributed by atoms with Gasteiger partial charge in [-0.25, -0.2) is 9.78 Å². The Balaban J connectivity index is 1.13. The van der Waals surface area contributed by atoms with Gasteiger partial charge in [-0.1, -0.05) is 30.3 Å². The number of ether oxygens (including phenoxy) is 1. The highest BCUT2D eigenvalue weighted by molar-refractivity contribution is 5.69. The van der Waals surface area contributed by atoms with Crippen LogP contribution in [-0.4, -0.2) is 65.2 Å². The van der Waals surface area contributed by atoms with E-state index in [2.05, 4.69) is 22.0 Å². The van der Waals surface area contributed by atoms with E-state index in [0.29, 0.717) is 18.8 Å². The molecule has 10 heteroatoms. The minimum atomic E-state index is -4.62. The van der Waals surface area contributed by atoms with Crippen LogP contribution in [0.5, 0.6) is 0 Å². The van der Waals surface area contributed by atoms with E-state index in [4.69, 9.17) is 4.74 Å². The number of hydrogen-bond donors (Lipinski definition) is 0. The Morgan fingerprint density at radius 3 is 2.51 bits per heavy atom. The van der Waals surface area contributed by atoms with Gasteiger partial charge in [-0.2, -0.15) is 18.4 Å². The molecule has 1 aliphatic carbocycles. The summed E-state index contributed by atoms with van der Waals surface area (Å²) in [6.45, 7) is 7.43. The Bertz CT molecular complexity index is 1180. The van der Waals surface area contributed by atoms with Crippen LogP contribution in [0.2, 0.25) is 0 Å². The molecule has 2 atom stereocenters. The number of aromatic nitrogens is 1. The van der Waals surface area contributed by atoms with E-state index < -0.39 is 11.9 Å². The molecular weight excluding hydrogens is 483 g/mol. The van der Waals surface area contributed by atoms with E-state index in [0.717, 1.165) is 44.7 Å². The molecular formula is C27H30F3N5O2. The number of alkyl halides is 3. The second-order valence-electron chi connectivity index (χ2n) is 10.7. The summed E-state index contributed by atoms with van der Waals surface area (Å²) < 4.78 is 44.9. The number of likely N-dealkylation sites (tertiary alicyclic amines) is 1. The normalized spacial score (nSPS) is 23.8. The minimum Gasteiger partial charge on any atom is -0.446 e. The van der Waals surface area contributed by atoms with Gasteiger partial charge in [-0.15, -0.1) is 0 Å². The van der Waals surface area contributed by atoms with E-state index in [1.807, 2.05) is 43.0 Å². The average Bonchev–Trinajstić information content (AvgIpc) is 2.82. The molecule has 0 N–H and O–H groups in total. The quantitative estimate of drug-likeness (QED) is 0.592. The Kier molecular flexibility index (Phi) is 6.52. The predicted molar refractivity (Wildman–Crippen MR) is 131 cm³/mol. The fourth-order valence-corrected chi connectivity index (χ4v) is 5.95. The van der Waals surface area contributed by atoms with Crippen LogP contribution in [0.3, 0.4) is 0 Å². The van der Waals surface area contributed by atoms with Gasteiger partial charge in [0.15, 0.2) is 0 Å². The zero-order valence-corrected chi connectivity index (χ0v) is 20.9. The van der Waals surface area contributed by atoms with Crippen molar-refractivity contribution in [1.29, 1.82) is 5.26 Å². The van der Waals surface area contributed by atoms with E-state index in [9.17, 15) is 23.2 Å². The highest BCUT2D eigenvalue weighted by atomic mass is 19.4. The van der Waals surface area contributed by atoms with Gasteiger partial charge in [-0.3, -0.25) is 4.90 Å². The van der Waals surface area contributed by atoms with Crippen LogP contribution in [0.15, 0.2) is 42.6 Å². The van der Waals surface area contributed by atoms with Crippen molar-refractivity contribution < 1.29 is 22.7 Å². The lowest BCUT2D eigenvalue weighted by Gasteiger charge is -2.58. The van der Waals surface area contributed by atoms with Crippen molar-refractivity contribution in [3.8, 4) is 6.07 Å². The molecule has 0 bridgehead atoms. The van der Waals surface area contributed by atoms with Crippen molar-refractivity contribution in [3.63, 3.8) is 0 Å². The molecule has 3 fully saturated rings. The number of amides is 1. The first-order valence-electron chi connectivity index (χ1n) is 12.5. The molecule has 3 heterocycles. The first-order chi connectivity index (χ1) is 17.6. The van der Waals surface area contributed by atoms with Crippen molar-refractivity contribution >= 4 is 11.8 Å². The SMILES string of the molecule is C[C@@H]1CN(c2cnc(C(F)(F)F)cc2C#N)[C@H](C)CN1C(=O)OC1CC2(C1)CN(Cc1ccccc1)C2. The first-order valence-corrected chi connectivity index (χ1v) is 12.5. The number of halogens is 3. The summed E-state index contributed by atoms with van der Waals surface area (Å²) in [5.74, 6) is 0. The van der Waals surface area contributed by atoms with Crippen LogP contribution < -0.4 is 4.90 Å². The van der Waals surface area contributed by atoms with Gasteiger partial charge in [0.05, 0.1) is 17.4 Å². The molecule has 1 spiro atoms. The number of pyridine rings is 1. The third kappa shape index (κ3) is 5.10. The average molecular weight is 514 g/mol. The molecule has 1 saturated carbocycles. The second-order valence-corrected chi connectivity index (χ2v) is 10.7. The third-order valence-corrected chi connectivity index (χ3v) is 7.78. The van der Waals surface area contributed by atoms with E-state index in [1.165, 1.54) is 5.56 Å². The highest BCUT2D eigenvalue weighted by Crippen LogP contribution is 2.50. The molecule has 5 rings (SSSR count). The third-order valence-electron chi connectivity index (χ3n) is 7.78. The lowest BCUT2D eigenvalue weighted by Crippen LogP contribution is -2.64. The molecule has 1 aromatic heterocycles. The monoisotopic (exact) mass is 513 g/mol. The number of nitriles is 1. The zero-order valence-electron chi connectivity index (χ0n) is 20.9. The fraction of sp³-hybridized carbons (Fsp3) is 0.519. The van der Waals surface area contributed by atoms with E-state index >= 15 is 0 Å². The molecule has 0 unspecified atom stereocenters. The molecule has 2 aliphatic heterocycles. The molecule has 2 aromatic rings. The topological polar surface area (TPSA) is 72.7 Å². The maximum Gasteiger partial charge on any atom is 0.433 e. The maximum atomic E-state index is 13.0. The summed E-state index contributed by atoms with van der Waals surface area (Å²) in [5.41, 5.74) is 0.716. The number of piperazine rings is 1. The van der Waals surface area contributed by atoms with Gasteiger partial charge in [0.25, 0.3) is 0 Å². The highest BCUT2D eigenvalue weighted by Gasteiger charge is 2.54. The number of carbonyl (C=O) groups excluding carboxylic acids is 1. The van der Waals surface area contributed by atoms with Gasteiger partial charge < -0.3 is 14.5 Å². The Morgan fingerprint density at radius 1 is 1.16 bits per heavy atom. The predicted octanol–water partition coefficient (Wildman–Crippen LogP) is 4.67. The van der Waals surface area contributed by atoms with E-state index in [1.54, 1.807) is 4.90 Å². The van der Waals surface area contributed by atoms with Crippen LogP contribution >= 0.6 is 0 Å². The van der Waals surface area contributed by atoms with Gasteiger partial charge in [0, 0.05) is 50.2 Å². The number of nitrogens with zero attached hydrogens (tertiary/aromatic N) is 5. The van der Waals surface area contributed by atoms with Crippen molar-refractivity contribution in [2.45, 2.75) is 57.6 Å². The molecule has 0 radical (unpaired) electrons. The molecule has 2 saturated heterocycles. The summed E-state index contributed by atoms with van der Waals surface area (Å²) in [4.78, 5) is 22.5. The number of hydrogen-bond acceptors (Lipinski definition) is 6. The summed E-state index contributed by atoms with van der Waals surface area (Å²) in [6.07, 6.45) is -2.22. The van der Waals surface area contributed by atoms with Gasteiger partial charge in [-0.05, 0) is 38.3 Å². The van der Waals surface area contributed by atoms with Crippen LogP contribution in [0.1, 0.15) is 43.5 Å². The van der Waals surface area contributed by atoms with Crippen molar-refractivity contribution in [2.75, 3.05) is 31.1 Å². The number of benzene rings is 1. The maximum absolute atomic E-state index is 13.0. The summed E-state index contributed by atoms with van der Waals surface area (Å²) in [5, 5.41) is 9.46. The Hall–Kier alpha value is -3.32. The Morgan fingerprint density at radius 2 is 1.86 bits per heavy atom. The molecule has 37 heavy (non-hydrogen) atoms. The minimum absolute atomic E-state index is 0.0843. The molecule has 196 valence electrons. The van der Waals surface area contributed by atoms with Gasteiger partial charge in [0.2, 0.25) is 0 Å². The largest absolute Gasteiger partial charge is 0.446 e. The number of anilines is 1. The standard InChI is InChI=1S/C27H30F3N5O2/c1-18-14-35(19(2)13-34(18)23-12-32-24(27(28,29)30)8-21(23)11-31)25(36)37-22-9-26(10-22)16-33(17-26)15-20-6-4-3-5-7-20/h3-8,12,18-19,22H,9-10,13-17H2,1-2H3/t18-,19-/m1/s1. The summed E-state index contributed by atoms with van der Waals surface area (Å²) in [7, 11) is 0. The van der Waals surface area contributed by atoms with Crippen LogP contribution in [0.4, 0.5) is 23.7 Å². The fourth-order valence-electron chi connectivity index (χ4n) is 5.95. The van der Waals surface area contributed by atoms with Gasteiger partial charge >= 0.3 is 12.3 Å². The molecule has 1 aromatic carbocycles. The van der Waals surface area contributed by atoms with Crippen LogP contribution in [0.25, 0.3) is 0 Å². The lowest BCUT2D eigenvalue weighted by molar-refractivity contribution is -0.141. The van der Waals surface area contributed by atoms with Gasteiger partial charge in [0.1, 0.15) is 17.9 Å². The van der Waals surface area contributed by atoms with Crippen molar-refractivity contribution in [2.24, 2.45) is 5.41 Å².